The Kier molecular flexibility index (Phi) is 2.17. The second kappa shape index (κ2) is 3.32. The highest BCUT2D eigenvalue weighted by molar-refractivity contribution is 5.22. The lowest BCUT2D eigenvalue weighted by molar-refractivity contribution is 0.296. The number of rotatable bonds is 3. The molecule has 1 saturated carbocycles. The zero-order valence-electron chi connectivity index (χ0n) is 7.02. The van der Waals surface area contributed by atoms with Crippen LogP contribution in [0.2, 0.25) is 0 Å². The predicted molar refractivity (Wildman–Crippen MR) is 43.4 cm³/mol. The van der Waals surface area contributed by atoms with E-state index in [2.05, 4.69) is 6.07 Å². The van der Waals surface area contributed by atoms with Gasteiger partial charge in [-0.25, -0.2) is 8.78 Å². The Balaban J connectivity index is 2.01. The molecule has 3 heteroatoms. The molecule has 0 bridgehead atoms. The van der Waals surface area contributed by atoms with Crippen LogP contribution in [0.5, 0.6) is 5.75 Å². The summed E-state index contributed by atoms with van der Waals surface area (Å²) in [6, 6.07) is 4.23. The van der Waals surface area contributed by atoms with Gasteiger partial charge in [0.2, 0.25) is 0 Å². The van der Waals surface area contributed by atoms with Crippen molar-refractivity contribution in [2.24, 2.45) is 5.92 Å². The number of ether oxygens (including phenoxy) is 1. The third kappa shape index (κ3) is 2.41. The molecule has 1 aliphatic rings. The number of benzene rings is 1. The summed E-state index contributed by atoms with van der Waals surface area (Å²) in [7, 11) is 0. The quantitative estimate of drug-likeness (QED) is 0.699. The number of hydrogen-bond acceptors (Lipinski definition) is 1. The molecule has 1 aromatic carbocycles. The molecule has 0 aromatic heterocycles. The van der Waals surface area contributed by atoms with Crippen molar-refractivity contribution in [3.8, 4) is 5.75 Å². The van der Waals surface area contributed by atoms with Crippen LogP contribution >= 0.6 is 0 Å². The van der Waals surface area contributed by atoms with Gasteiger partial charge >= 0.3 is 0 Å². The Morgan fingerprint density at radius 1 is 1.38 bits per heavy atom. The van der Waals surface area contributed by atoms with E-state index in [9.17, 15) is 8.78 Å². The standard InChI is InChI=1S/C10H9F2O/c11-8-3-9(12)5-10(4-8)13-6-7-1-2-7/h3-4,7H,1-2,6H2. The third-order valence-electron chi connectivity index (χ3n) is 1.95. The molecule has 0 N–H and O–H groups in total. The van der Waals surface area contributed by atoms with Gasteiger partial charge in [-0.3, -0.25) is 0 Å². The van der Waals surface area contributed by atoms with Crippen LogP contribution in [0.3, 0.4) is 0 Å². The number of hydrogen-bond donors (Lipinski definition) is 0. The van der Waals surface area contributed by atoms with Gasteiger partial charge in [-0.2, -0.15) is 0 Å². The van der Waals surface area contributed by atoms with Crippen molar-refractivity contribution in [1.29, 1.82) is 0 Å². The van der Waals surface area contributed by atoms with Crippen molar-refractivity contribution in [3.05, 3.63) is 29.8 Å². The first kappa shape index (κ1) is 8.48. The molecule has 13 heavy (non-hydrogen) atoms. The van der Waals surface area contributed by atoms with Gasteiger partial charge in [-0.1, -0.05) is 0 Å². The Labute approximate surface area is 75.3 Å². The van der Waals surface area contributed by atoms with Crippen molar-refractivity contribution in [3.63, 3.8) is 0 Å². The molecule has 0 aliphatic heterocycles. The van der Waals surface area contributed by atoms with Crippen molar-refractivity contribution < 1.29 is 13.5 Å². The molecule has 1 aliphatic carbocycles. The van der Waals surface area contributed by atoms with Crippen molar-refractivity contribution in [2.45, 2.75) is 12.8 Å². The van der Waals surface area contributed by atoms with E-state index in [1.165, 1.54) is 0 Å². The lowest BCUT2D eigenvalue weighted by Crippen LogP contribution is -1.99. The Hall–Kier alpha value is -1.12. The summed E-state index contributed by atoms with van der Waals surface area (Å²) in [6.07, 6.45) is 2.30. The molecular weight excluding hydrogens is 174 g/mol. The molecule has 1 nitrogen and oxygen atoms in total. The van der Waals surface area contributed by atoms with E-state index in [4.69, 9.17) is 4.74 Å². The molecular formula is C10H9F2O. The third-order valence-corrected chi connectivity index (χ3v) is 1.95. The Morgan fingerprint density at radius 2 is 2.15 bits per heavy atom. The first-order valence-corrected chi connectivity index (χ1v) is 4.25. The first-order valence-electron chi connectivity index (χ1n) is 4.25. The molecule has 0 unspecified atom stereocenters. The average Bonchev–Trinajstić information content (AvgIpc) is 2.81. The molecule has 0 amide bonds. The smallest absolute Gasteiger partial charge is 0.137 e. The van der Waals surface area contributed by atoms with Crippen LogP contribution in [0.15, 0.2) is 12.1 Å². The largest absolute Gasteiger partial charge is 0.492 e. The second-order valence-electron chi connectivity index (χ2n) is 3.27. The van der Waals surface area contributed by atoms with Crippen LogP contribution in [-0.2, 0) is 0 Å². The summed E-state index contributed by atoms with van der Waals surface area (Å²) < 4.78 is 30.4. The second-order valence-corrected chi connectivity index (χ2v) is 3.27. The summed E-state index contributed by atoms with van der Waals surface area (Å²) in [5.74, 6) is -0.614. The monoisotopic (exact) mass is 183 g/mol. The minimum Gasteiger partial charge on any atom is -0.492 e. The van der Waals surface area contributed by atoms with Gasteiger partial charge in [-0.15, -0.1) is 0 Å². The summed E-state index contributed by atoms with van der Waals surface area (Å²) in [5, 5.41) is 0. The maximum Gasteiger partial charge on any atom is 0.137 e. The van der Waals surface area contributed by atoms with E-state index < -0.39 is 11.6 Å². The van der Waals surface area contributed by atoms with Crippen LogP contribution in [0.4, 0.5) is 8.78 Å². The van der Waals surface area contributed by atoms with Gasteiger partial charge in [0.1, 0.15) is 17.4 Å². The maximum atomic E-state index is 12.6. The molecule has 0 saturated heterocycles. The van der Waals surface area contributed by atoms with Gasteiger partial charge in [0.25, 0.3) is 0 Å². The maximum absolute atomic E-state index is 12.6. The van der Waals surface area contributed by atoms with Crippen LogP contribution in [0.25, 0.3) is 0 Å². The molecule has 0 spiro atoms. The van der Waals surface area contributed by atoms with Gasteiger partial charge in [0.05, 0.1) is 12.7 Å². The molecule has 1 fully saturated rings. The summed E-state index contributed by atoms with van der Waals surface area (Å²) in [6.45, 7) is 0.541. The lowest BCUT2D eigenvalue weighted by Gasteiger charge is -2.04. The van der Waals surface area contributed by atoms with Gasteiger partial charge in [0, 0.05) is 12.1 Å². The molecule has 1 radical (unpaired) electrons. The van der Waals surface area contributed by atoms with E-state index in [-0.39, 0.29) is 5.75 Å². The Morgan fingerprint density at radius 3 is 2.77 bits per heavy atom. The van der Waals surface area contributed by atoms with E-state index in [1.54, 1.807) is 0 Å². The minimum atomic E-state index is -0.717. The molecule has 1 aromatic rings. The SMILES string of the molecule is Fc1[c]c(OCC2CC2)cc(F)c1. The first-order chi connectivity index (χ1) is 6.24. The van der Waals surface area contributed by atoms with Crippen LogP contribution in [-0.4, -0.2) is 6.61 Å². The number of halogens is 2. The van der Waals surface area contributed by atoms with Gasteiger partial charge < -0.3 is 4.74 Å². The normalized spacial score (nSPS) is 15.8. The molecule has 69 valence electrons. The fourth-order valence-electron chi connectivity index (χ4n) is 1.05. The molecule has 0 atom stereocenters. The van der Waals surface area contributed by atoms with E-state index in [0.29, 0.717) is 12.5 Å². The fraction of sp³-hybridized carbons (Fsp3) is 0.400. The summed E-state index contributed by atoms with van der Waals surface area (Å²) in [4.78, 5) is 0. The van der Waals surface area contributed by atoms with Crippen molar-refractivity contribution in [1.82, 2.24) is 0 Å². The summed E-state index contributed by atoms with van der Waals surface area (Å²) >= 11 is 0. The predicted octanol–water partition coefficient (Wildman–Crippen LogP) is 2.55. The average molecular weight is 183 g/mol. The van der Waals surface area contributed by atoms with Crippen molar-refractivity contribution in [2.75, 3.05) is 6.61 Å². The van der Waals surface area contributed by atoms with Crippen LogP contribution in [0.1, 0.15) is 12.8 Å². The fourth-order valence-corrected chi connectivity index (χ4v) is 1.05. The molecule has 2 rings (SSSR count). The minimum absolute atomic E-state index is 0.157. The van der Waals surface area contributed by atoms with Crippen LogP contribution in [0, 0.1) is 23.6 Å². The zero-order chi connectivity index (χ0) is 9.26. The zero-order valence-corrected chi connectivity index (χ0v) is 7.02. The molecule has 0 heterocycles. The summed E-state index contributed by atoms with van der Waals surface area (Å²) in [5.41, 5.74) is 0. The van der Waals surface area contributed by atoms with Gasteiger partial charge in [-0.05, 0) is 18.8 Å². The van der Waals surface area contributed by atoms with Crippen LogP contribution < -0.4 is 4.74 Å². The van der Waals surface area contributed by atoms with Crippen molar-refractivity contribution >= 4 is 0 Å². The topological polar surface area (TPSA) is 9.23 Å². The lowest BCUT2D eigenvalue weighted by atomic mass is 10.3. The highest BCUT2D eigenvalue weighted by Crippen LogP contribution is 2.29. The highest BCUT2D eigenvalue weighted by atomic mass is 19.1. The van der Waals surface area contributed by atoms with E-state index in [1.807, 2.05) is 0 Å². The highest BCUT2D eigenvalue weighted by Gasteiger charge is 2.22. The van der Waals surface area contributed by atoms with E-state index in [0.717, 1.165) is 25.0 Å². The van der Waals surface area contributed by atoms with Gasteiger partial charge in [0.15, 0.2) is 0 Å². The van der Waals surface area contributed by atoms with E-state index >= 15 is 0 Å². The Bertz CT molecular complexity index is 288.